The zero-order valence-electron chi connectivity index (χ0n) is 14.1. The van der Waals surface area contributed by atoms with Crippen molar-refractivity contribution in [2.75, 3.05) is 0 Å². The van der Waals surface area contributed by atoms with Crippen molar-refractivity contribution < 1.29 is 22.5 Å². The molecule has 0 heterocycles. The molecule has 1 unspecified atom stereocenters. The summed E-state index contributed by atoms with van der Waals surface area (Å²) in [5.74, 6) is -0.211. The van der Waals surface area contributed by atoms with Gasteiger partial charge in [-0.05, 0) is 44.7 Å². The lowest BCUT2D eigenvalue weighted by atomic mass is 9.58. The van der Waals surface area contributed by atoms with Crippen molar-refractivity contribution in [1.29, 1.82) is 0 Å². The van der Waals surface area contributed by atoms with Gasteiger partial charge < -0.3 is 5.11 Å². The number of hydrogen-bond donors (Lipinski definition) is 1. The fraction of sp³-hybridized carbons (Fsp3) is 0.611. The molecule has 0 spiro atoms. The topological polar surface area (TPSA) is 80.7 Å². The van der Waals surface area contributed by atoms with Gasteiger partial charge in [-0.2, -0.15) is 8.42 Å². The van der Waals surface area contributed by atoms with E-state index < -0.39 is 27.7 Å². The molecule has 0 aromatic heterocycles. The maximum atomic E-state index is 12.6. The zero-order valence-corrected chi connectivity index (χ0v) is 14.9. The number of rotatable bonds is 3. The molecular weight excluding hydrogens is 328 g/mol. The van der Waals surface area contributed by atoms with Crippen molar-refractivity contribution >= 4 is 15.9 Å². The molecule has 3 rings (SSSR count). The van der Waals surface area contributed by atoms with Gasteiger partial charge in [-0.3, -0.25) is 8.98 Å². The third kappa shape index (κ3) is 3.15. The lowest BCUT2D eigenvalue weighted by Crippen LogP contribution is -2.52. The van der Waals surface area contributed by atoms with Crippen LogP contribution in [-0.2, 0) is 19.1 Å². The number of benzene rings is 1. The molecule has 2 saturated carbocycles. The molecule has 6 heteroatoms. The molecule has 0 amide bonds. The predicted molar refractivity (Wildman–Crippen MR) is 88.9 cm³/mol. The van der Waals surface area contributed by atoms with Gasteiger partial charge >= 0.3 is 0 Å². The number of hydrogen-bond acceptors (Lipinski definition) is 5. The predicted octanol–water partition coefficient (Wildman–Crippen LogP) is 2.60. The van der Waals surface area contributed by atoms with Gasteiger partial charge in [0, 0.05) is 17.8 Å². The Kier molecular flexibility index (Phi) is 4.57. The van der Waals surface area contributed by atoms with Gasteiger partial charge in [0.05, 0.1) is 17.1 Å². The highest BCUT2D eigenvalue weighted by Gasteiger charge is 2.52. The first kappa shape index (κ1) is 17.6. The van der Waals surface area contributed by atoms with Crippen LogP contribution in [0.3, 0.4) is 0 Å². The summed E-state index contributed by atoms with van der Waals surface area (Å²) in [4.78, 5) is 12.4. The van der Waals surface area contributed by atoms with Gasteiger partial charge in [-0.1, -0.05) is 24.6 Å². The quantitative estimate of drug-likeness (QED) is 0.846. The molecule has 2 fully saturated rings. The molecule has 2 aliphatic carbocycles. The first-order valence-corrected chi connectivity index (χ1v) is 9.84. The van der Waals surface area contributed by atoms with Gasteiger partial charge in [0.15, 0.2) is 0 Å². The van der Waals surface area contributed by atoms with E-state index in [4.69, 9.17) is 4.18 Å². The third-order valence-electron chi connectivity index (χ3n) is 5.65. The first-order chi connectivity index (χ1) is 11.2. The van der Waals surface area contributed by atoms with Gasteiger partial charge in [-0.25, -0.2) is 0 Å². The van der Waals surface area contributed by atoms with Crippen LogP contribution in [0, 0.1) is 18.3 Å². The highest BCUT2D eigenvalue weighted by atomic mass is 32.2. The van der Waals surface area contributed by atoms with E-state index in [0.29, 0.717) is 32.1 Å². The molecule has 1 N–H and O–H groups in total. The SMILES string of the molecule is Cc1ccc(S(=O)(=O)O[C@H]2CCC(=O)[C@H]3CC(O)CC[C@]23C)cc1. The summed E-state index contributed by atoms with van der Waals surface area (Å²) >= 11 is 0. The van der Waals surface area contributed by atoms with E-state index in [1.54, 1.807) is 24.3 Å². The lowest BCUT2D eigenvalue weighted by molar-refractivity contribution is -0.145. The van der Waals surface area contributed by atoms with Crippen LogP contribution < -0.4 is 0 Å². The summed E-state index contributed by atoms with van der Waals surface area (Å²) in [6, 6.07) is 6.57. The van der Waals surface area contributed by atoms with Crippen LogP contribution in [0.15, 0.2) is 29.2 Å². The Labute approximate surface area is 143 Å². The van der Waals surface area contributed by atoms with Crippen molar-refractivity contribution in [2.24, 2.45) is 11.3 Å². The van der Waals surface area contributed by atoms with Crippen molar-refractivity contribution in [3.63, 3.8) is 0 Å². The number of aliphatic hydroxyl groups is 1. The van der Waals surface area contributed by atoms with E-state index in [1.165, 1.54) is 0 Å². The fourth-order valence-electron chi connectivity index (χ4n) is 4.04. The second-order valence-corrected chi connectivity index (χ2v) is 8.92. The van der Waals surface area contributed by atoms with Crippen LogP contribution in [0.2, 0.25) is 0 Å². The Balaban J connectivity index is 1.86. The number of aryl methyl sites for hydroxylation is 1. The van der Waals surface area contributed by atoms with E-state index in [2.05, 4.69) is 0 Å². The second kappa shape index (κ2) is 6.24. The van der Waals surface area contributed by atoms with Crippen LogP contribution in [0.5, 0.6) is 0 Å². The Morgan fingerprint density at radius 1 is 1.21 bits per heavy atom. The summed E-state index contributed by atoms with van der Waals surface area (Å²) < 4.78 is 30.8. The largest absolute Gasteiger partial charge is 0.393 e. The maximum absolute atomic E-state index is 12.6. The lowest BCUT2D eigenvalue weighted by Gasteiger charge is -2.49. The fourth-order valence-corrected chi connectivity index (χ4v) is 5.25. The average molecular weight is 352 g/mol. The molecule has 1 aromatic rings. The van der Waals surface area contributed by atoms with E-state index in [1.807, 2.05) is 13.8 Å². The molecule has 1 aromatic carbocycles. The van der Waals surface area contributed by atoms with Crippen molar-refractivity contribution in [1.82, 2.24) is 0 Å². The van der Waals surface area contributed by atoms with E-state index in [0.717, 1.165) is 5.56 Å². The van der Waals surface area contributed by atoms with E-state index >= 15 is 0 Å². The minimum absolute atomic E-state index is 0.115. The molecule has 2 aliphatic rings. The number of fused-ring (bicyclic) bond motifs is 1. The van der Waals surface area contributed by atoms with Crippen LogP contribution in [-0.4, -0.2) is 31.5 Å². The summed E-state index contributed by atoms with van der Waals surface area (Å²) in [5.41, 5.74) is 0.442. The minimum Gasteiger partial charge on any atom is -0.393 e. The van der Waals surface area contributed by atoms with Crippen molar-refractivity contribution in [2.45, 2.75) is 63.1 Å². The molecule has 4 atom stereocenters. The van der Waals surface area contributed by atoms with E-state index in [-0.39, 0.29) is 16.6 Å². The Morgan fingerprint density at radius 2 is 1.88 bits per heavy atom. The van der Waals surface area contributed by atoms with Crippen LogP contribution in [0.1, 0.15) is 44.6 Å². The molecule has 0 radical (unpaired) electrons. The second-order valence-electron chi connectivity index (χ2n) is 7.34. The number of Topliss-reactive ketones (excluding diaryl/α,β-unsaturated/α-hetero) is 1. The van der Waals surface area contributed by atoms with Crippen molar-refractivity contribution in [3.05, 3.63) is 29.8 Å². The molecule has 5 nitrogen and oxygen atoms in total. The van der Waals surface area contributed by atoms with Crippen LogP contribution in [0.25, 0.3) is 0 Å². The summed E-state index contributed by atoms with van der Waals surface area (Å²) in [7, 11) is -3.87. The minimum atomic E-state index is -3.87. The van der Waals surface area contributed by atoms with E-state index in [9.17, 15) is 18.3 Å². The summed E-state index contributed by atoms with van der Waals surface area (Å²) in [5, 5.41) is 9.89. The van der Waals surface area contributed by atoms with Gasteiger partial charge in [-0.15, -0.1) is 0 Å². The number of ketones is 1. The summed E-state index contributed by atoms with van der Waals surface area (Å²) in [6.07, 6.45) is 1.27. The monoisotopic (exact) mass is 352 g/mol. The molecule has 0 aliphatic heterocycles. The maximum Gasteiger partial charge on any atom is 0.297 e. The molecule has 0 saturated heterocycles. The van der Waals surface area contributed by atoms with Crippen LogP contribution in [0.4, 0.5) is 0 Å². The normalized spacial score (nSPS) is 34.0. The molecule has 132 valence electrons. The molecule has 0 bridgehead atoms. The summed E-state index contributed by atoms with van der Waals surface area (Å²) in [6.45, 7) is 3.82. The third-order valence-corrected chi connectivity index (χ3v) is 6.98. The Bertz CT molecular complexity index is 724. The first-order valence-electron chi connectivity index (χ1n) is 8.43. The van der Waals surface area contributed by atoms with Gasteiger partial charge in [0.2, 0.25) is 0 Å². The highest BCUT2D eigenvalue weighted by molar-refractivity contribution is 7.86. The number of carbonyl (C=O) groups excluding carboxylic acids is 1. The number of carbonyl (C=O) groups is 1. The Hall–Kier alpha value is -1.24. The smallest absolute Gasteiger partial charge is 0.297 e. The van der Waals surface area contributed by atoms with Gasteiger partial charge in [0.25, 0.3) is 10.1 Å². The highest BCUT2D eigenvalue weighted by Crippen LogP contribution is 2.50. The number of aliphatic hydroxyl groups excluding tert-OH is 1. The zero-order chi connectivity index (χ0) is 17.5. The van der Waals surface area contributed by atoms with Crippen molar-refractivity contribution in [3.8, 4) is 0 Å². The van der Waals surface area contributed by atoms with Gasteiger partial charge in [0.1, 0.15) is 5.78 Å². The Morgan fingerprint density at radius 3 is 2.54 bits per heavy atom. The van der Waals surface area contributed by atoms with Crippen LogP contribution >= 0.6 is 0 Å². The standard InChI is InChI=1S/C18H24O5S/c1-12-3-5-14(6-4-12)24(21,22)23-17-8-7-16(20)15-11-13(19)9-10-18(15,17)2/h3-6,13,15,17,19H,7-11H2,1-2H3/t13?,15-,17+,18+/m1/s1. The molecule has 24 heavy (non-hydrogen) atoms. The average Bonchev–Trinajstić information content (AvgIpc) is 2.52. The molecular formula is C18H24O5S.